The van der Waals surface area contributed by atoms with Crippen LogP contribution in [-0.2, 0) is 9.53 Å². The van der Waals surface area contributed by atoms with Crippen molar-refractivity contribution in [2.75, 3.05) is 18.6 Å². The zero-order valence-corrected chi connectivity index (χ0v) is 15.6. The summed E-state index contributed by atoms with van der Waals surface area (Å²) in [4.78, 5) is 14.3. The van der Waals surface area contributed by atoms with E-state index in [1.54, 1.807) is 13.2 Å². The van der Waals surface area contributed by atoms with Crippen LogP contribution in [-0.4, -0.2) is 31.3 Å². The summed E-state index contributed by atoms with van der Waals surface area (Å²) in [7, 11) is 1.67. The van der Waals surface area contributed by atoms with Crippen molar-refractivity contribution in [2.45, 2.75) is 52.7 Å². The molecular formula is C20H29NO3. The molecule has 0 aliphatic carbocycles. The van der Waals surface area contributed by atoms with E-state index in [4.69, 9.17) is 9.47 Å². The number of hydrogen-bond donors (Lipinski definition) is 0. The average Bonchev–Trinajstić information content (AvgIpc) is 2.78. The molecule has 0 spiro atoms. The molecule has 1 aromatic rings. The third-order valence-electron chi connectivity index (χ3n) is 4.03. The van der Waals surface area contributed by atoms with Gasteiger partial charge in [-0.05, 0) is 56.9 Å². The molecule has 0 radical (unpaired) electrons. The van der Waals surface area contributed by atoms with Crippen LogP contribution < -0.4 is 9.64 Å². The summed E-state index contributed by atoms with van der Waals surface area (Å²) in [5, 5.41) is 0. The first kappa shape index (κ1) is 18.4. The van der Waals surface area contributed by atoms with Gasteiger partial charge in [0, 0.05) is 24.4 Å². The van der Waals surface area contributed by atoms with Crippen LogP contribution in [0.4, 0.5) is 5.69 Å². The summed E-state index contributed by atoms with van der Waals surface area (Å²) in [5.74, 6) is 0.556. The minimum atomic E-state index is -0.466. The van der Waals surface area contributed by atoms with Gasteiger partial charge in [-0.25, -0.2) is 4.79 Å². The molecule has 1 aliphatic rings. The van der Waals surface area contributed by atoms with Crippen LogP contribution in [0.1, 0.15) is 41.0 Å². The summed E-state index contributed by atoms with van der Waals surface area (Å²) in [6, 6.07) is 8.24. The highest BCUT2D eigenvalue weighted by Gasteiger charge is 2.36. The van der Waals surface area contributed by atoms with Gasteiger partial charge in [0.1, 0.15) is 11.4 Å². The standard InChI is InChI=1S/C20H29NO3/c1-19(2,3)24-18(22)12-9-16-13-20(4,5)14-21(16)15-7-10-17(23-6)11-8-15/h7-12,16H,13-14H2,1-6H3/b12-9+/t16-/m0/s1. The Bertz CT molecular complexity index is 596. The summed E-state index contributed by atoms with van der Waals surface area (Å²) in [5.41, 5.74) is 0.870. The molecule has 0 aromatic heterocycles. The molecule has 1 atom stereocenters. The van der Waals surface area contributed by atoms with Gasteiger partial charge in [-0.3, -0.25) is 0 Å². The van der Waals surface area contributed by atoms with E-state index < -0.39 is 5.60 Å². The van der Waals surface area contributed by atoms with E-state index in [2.05, 4.69) is 30.9 Å². The number of rotatable bonds is 4. The van der Waals surface area contributed by atoms with Crippen LogP contribution in [0.25, 0.3) is 0 Å². The van der Waals surface area contributed by atoms with E-state index in [-0.39, 0.29) is 17.4 Å². The lowest BCUT2D eigenvalue weighted by Gasteiger charge is -2.25. The normalized spacial score (nSPS) is 20.4. The number of carbonyl (C=O) groups excluding carboxylic acids is 1. The van der Waals surface area contributed by atoms with Crippen molar-refractivity contribution in [1.29, 1.82) is 0 Å². The van der Waals surface area contributed by atoms with Gasteiger partial charge in [-0.1, -0.05) is 19.9 Å². The van der Waals surface area contributed by atoms with E-state index in [1.807, 2.05) is 39.0 Å². The molecule has 0 amide bonds. The Labute approximate surface area is 145 Å². The Hall–Kier alpha value is -1.97. The first-order chi connectivity index (χ1) is 11.1. The van der Waals surface area contributed by atoms with Gasteiger partial charge in [-0.2, -0.15) is 0 Å². The summed E-state index contributed by atoms with van der Waals surface area (Å²) in [6.07, 6.45) is 4.53. The Morgan fingerprint density at radius 2 is 1.88 bits per heavy atom. The maximum Gasteiger partial charge on any atom is 0.331 e. The molecule has 0 bridgehead atoms. The van der Waals surface area contributed by atoms with Crippen LogP contribution in [0, 0.1) is 5.41 Å². The zero-order valence-electron chi connectivity index (χ0n) is 15.6. The van der Waals surface area contributed by atoms with Crippen LogP contribution in [0.15, 0.2) is 36.4 Å². The summed E-state index contributed by atoms with van der Waals surface area (Å²) < 4.78 is 10.6. The van der Waals surface area contributed by atoms with E-state index in [0.29, 0.717) is 0 Å². The Morgan fingerprint density at radius 3 is 2.42 bits per heavy atom. The fraction of sp³-hybridized carbons (Fsp3) is 0.550. The smallest absolute Gasteiger partial charge is 0.331 e. The number of methoxy groups -OCH3 is 1. The third-order valence-corrected chi connectivity index (χ3v) is 4.03. The second-order valence-corrected chi connectivity index (χ2v) is 8.15. The van der Waals surface area contributed by atoms with Crippen molar-refractivity contribution in [2.24, 2.45) is 5.41 Å². The van der Waals surface area contributed by atoms with Gasteiger partial charge in [0.25, 0.3) is 0 Å². The van der Waals surface area contributed by atoms with Crippen LogP contribution in [0.3, 0.4) is 0 Å². The molecule has 1 fully saturated rings. The van der Waals surface area contributed by atoms with Crippen LogP contribution in [0.2, 0.25) is 0 Å². The molecular weight excluding hydrogens is 302 g/mol. The molecule has 1 heterocycles. The van der Waals surface area contributed by atoms with Crippen molar-refractivity contribution in [3.63, 3.8) is 0 Å². The fourth-order valence-corrected chi connectivity index (χ4v) is 3.07. The average molecular weight is 331 g/mol. The number of benzene rings is 1. The lowest BCUT2D eigenvalue weighted by Crippen LogP contribution is -2.29. The molecule has 2 rings (SSSR count). The highest BCUT2D eigenvalue weighted by Crippen LogP contribution is 2.38. The second-order valence-electron chi connectivity index (χ2n) is 8.15. The van der Waals surface area contributed by atoms with Crippen molar-refractivity contribution in [3.8, 4) is 5.75 Å². The van der Waals surface area contributed by atoms with E-state index >= 15 is 0 Å². The number of ether oxygens (including phenoxy) is 2. The van der Waals surface area contributed by atoms with E-state index in [0.717, 1.165) is 24.4 Å². The predicted octanol–water partition coefficient (Wildman–Crippen LogP) is 4.20. The van der Waals surface area contributed by atoms with Crippen LogP contribution in [0.5, 0.6) is 5.75 Å². The first-order valence-electron chi connectivity index (χ1n) is 8.41. The SMILES string of the molecule is COc1ccc(N2CC(C)(C)C[C@@H]2/C=C/C(=O)OC(C)(C)C)cc1. The van der Waals surface area contributed by atoms with E-state index in [9.17, 15) is 4.79 Å². The Balaban J connectivity index is 2.14. The number of esters is 1. The van der Waals surface area contributed by atoms with Gasteiger partial charge in [0.15, 0.2) is 0 Å². The Kier molecular flexibility index (Phi) is 5.26. The highest BCUT2D eigenvalue weighted by atomic mass is 16.6. The van der Waals surface area contributed by atoms with Gasteiger partial charge < -0.3 is 14.4 Å². The first-order valence-corrected chi connectivity index (χ1v) is 8.41. The van der Waals surface area contributed by atoms with Gasteiger partial charge >= 0.3 is 5.97 Å². The molecule has 24 heavy (non-hydrogen) atoms. The van der Waals surface area contributed by atoms with Crippen molar-refractivity contribution in [3.05, 3.63) is 36.4 Å². The molecule has 132 valence electrons. The lowest BCUT2D eigenvalue weighted by molar-refractivity contribution is -0.148. The molecule has 0 unspecified atom stereocenters. The van der Waals surface area contributed by atoms with Gasteiger partial charge in [-0.15, -0.1) is 0 Å². The molecule has 4 heteroatoms. The van der Waals surface area contributed by atoms with Gasteiger partial charge in [0.2, 0.25) is 0 Å². The second kappa shape index (κ2) is 6.88. The minimum absolute atomic E-state index is 0.181. The molecule has 0 saturated carbocycles. The highest BCUT2D eigenvalue weighted by molar-refractivity contribution is 5.82. The third kappa shape index (κ3) is 5.02. The molecule has 4 nitrogen and oxygen atoms in total. The largest absolute Gasteiger partial charge is 0.497 e. The van der Waals surface area contributed by atoms with Crippen LogP contribution >= 0.6 is 0 Å². The lowest BCUT2D eigenvalue weighted by atomic mass is 9.90. The summed E-state index contributed by atoms with van der Waals surface area (Å²) >= 11 is 0. The monoisotopic (exact) mass is 331 g/mol. The molecule has 1 aliphatic heterocycles. The fourth-order valence-electron chi connectivity index (χ4n) is 3.07. The van der Waals surface area contributed by atoms with Gasteiger partial charge in [0.05, 0.1) is 7.11 Å². The molecule has 1 aromatic carbocycles. The summed E-state index contributed by atoms with van der Waals surface area (Å²) in [6.45, 7) is 11.1. The predicted molar refractivity (Wildman–Crippen MR) is 97.5 cm³/mol. The Morgan fingerprint density at radius 1 is 1.25 bits per heavy atom. The minimum Gasteiger partial charge on any atom is -0.497 e. The quantitative estimate of drug-likeness (QED) is 0.612. The zero-order chi connectivity index (χ0) is 18.0. The number of anilines is 1. The van der Waals surface area contributed by atoms with Crippen molar-refractivity contribution >= 4 is 11.7 Å². The van der Waals surface area contributed by atoms with Crippen molar-refractivity contribution < 1.29 is 14.3 Å². The number of nitrogens with zero attached hydrogens (tertiary/aromatic N) is 1. The molecule has 1 saturated heterocycles. The molecule has 0 N–H and O–H groups in total. The van der Waals surface area contributed by atoms with E-state index in [1.165, 1.54) is 0 Å². The maximum absolute atomic E-state index is 12.0. The van der Waals surface area contributed by atoms with Crippen molar-refractivity contribution in [1.82, 2.24) is 0 Å². The number of hydrogen-bond acceptors (Lipinski definition) is 4. The topological polar surface area (TPSA) is 38.8 Å². The maximum atomic E-state index is 12.0. The number of carbonyl (C=O) groups is 1.